The molecule has 0 fully saturated rings. The molecule has 0 aromatic heterocycles. The Kier molecular flexibility index (Phi) is 2.99. The van der Waals surface area contributed by atoms with Gasteiger partial charge in [0.05, 0.1) is 12.7 Å². The predicted molar refractivity (Wildman–Crippen MR) is 58.2 cm³/mol. The molecule has 1 heterocycles. The fourth-order valence-corrected chi connectivity index (χ4v) is 1.80. The van der Waals surface area contributed by atoms with Gasteiger partial charge in [-0.2, -0.15) is 0 Å². The smallest absolute Gasteiger partial charge is 0.347 e. The van der Waals surface area contributed by atoms with Crippen LogP contribution < -0.4 is 4.74 Å². The first-order valence-corrected chi connectivity index (χ1v) is 5.22. The molecule has 0 bridgehead atoms. The molecular formula is C12H12O5. The molecule has 1 unspecified atom stereocenters. The minimum atomic E-state index is -1.02. The van der Waals surface area contributed by atoms with Gasteiger partial charge in [0, 0.05) is 0 Å². The van der Waals surface area contributed by atoms with Crippen LogP contribution in [0.3, 0.4) is 0 Å². The van der Waals surface area contributed by atoms with E-state index >= 15 is 0 Å². The average Bonchev–Trinajstić information content (AvgIpc) is 2.36. The van der Waals surface area contributed by atoms with Gasteiger partial charge in [-0.15, -0.1) is 0 Å². The number of aryl methyl sites for hydroxylation is 1. The van der Waals surface area contributed by atoms with E-state index < -0.39 is 18.0 Å². The summed E-state index contributed by atoms with van der Waals surface area (Å²) >= 11 is 0. The van der Waals surface area contributed by atoms with Gasteiger partial charge in [-0.1, -0.05) is 6.07 Å². The number of carbonyl (C=O) groups excluding carboxylic acids is 1. The third kappa shape index (κ3) is 2.22. The highest BCUT2D eigenvalue weighted by atomic mass is 16.6. The van der Waals surface area contributed by atoms with Crippen molar-refractivity contribution in [3.05, 3.63) is 29.3 Å². The van der Waals surface area contributed by atoms with Gasteiger partial charge in [0.15, 0.2) is 6.10 Å². The van der Waals surface area contributed by atoms with Crippen LogP contribution in [0, 0.1) is 0 Å². The standard InChI is InChI=1S/C12H12O5/c1-16-12(15)9-5-4-7-2-3-8(11(13)14)6-10(7)17-9/h2-3,6,9H,4-5H2,1H3,(H,13,14). The molecule has 90 valence electrons. The van der Waals surface area contributed by atoms with Gasteiger partial charge in [-0.25, -0.2) is 9.59 Å². The molecule has 1 N–H and O–H groups in total. The number of carbonyl (C=O) groups is 2. The van der Waals surface area contributed by atoms with Crippen LogP contribution in [0.15, 0.2) is 18.2 Å². The Bertz CT molecular complexity index is 466. The summed E-state index contributed by atoms with van der Waals surface area (Å²) in [6.45, 7) is 0. The fraction of sp³-hybridized carbons (Fsp3) is 0.333. The summed E-state index contributed by atoms with van der Waals surface area (Å²) in [5, 5.41) is 8.86. The van der Waals surface area contributed by atoms with Gasteiger partial charge in [0.25, 0.3) is 0 Å². The lowest BCUT2D eigenvalue weighted by Crippen LogP contribution is -2.32. The Labute approximate surface area is 98.0 Å². The van der Waals surface area contributed by atoms with Gasteiger partial charge < -0.3 is 14.6 Å². The number of benzene rings is 1. The number of aromatic carboxylic acids is 1. The topological polar surface area (TPSA) is 72.8 Å². The molecule has 0 amide bonds. The summed E-state index contributed by atoms with van der Waals surface area (Å²) in [4.78, 5) is 22.1. The van der Waals surface area contributed by atoms with Gasteiger partial charge in [0.1, 0.15) is 5.75 Å². The van der Waals surface area contributed by atoms with Crippen molar-refractivity contribution >= 4 is 11.9 Å². The zero-order valence-electron chi connectivity index (χ0n) is 9.30. The molecule has 1 atom stereocenters. The van der Waals surface area contributed by atoms with E-state index in [0.29, 0.717) is 18.6 Å². The second-order valence-corrected chi connectivity index (χ2v) is 3.80. The monoisotopic (exact) mass is 236 g/mol. The highest BCUT2D eigenvalue weighted by Crippen LogP contribution is 2.29. The van der Waals surface area contributed by atoms with E-state index in [9.17, 15) is 9.59 Å². The number of fused-ring (bicyclic) bond motifs is 1. The number of hydrogen-bond acceptors (Lipinski definition) is 4. The zero-order chi connectivity index (χ0) is 12.4. The molecule has 0 aliphatic carbocycles. The number of esters is 1. The van der Waals surface area contributed by atoms with Crippen LogP contribution in [0.2, 0.25) is 0 Å². The van der Waals surface area contributed by atoms with Gasteiger partial charge in [-0.05, 0) is 30.5 Å². The fourth-order valence-electron chi connectivity index (χ4n) is 1.80. The Morgan fingerprint density at radius 2 is 2.24 bits per heavy atom. The van der Waals surface area contributed by atoms with Crippen LogP contribution in [-0.2, 0) is 16.0 Å². The minimum Gasteiger partial charge on any atom is -0.478 e. The quantitative estimate of drug-likeness (QED) is 0.782. The molecule has 1 aromatic rings. The molecule has 1 aromatic carbocycles. The number of ether oxygens (including phenoxy) is 2. The predicted octanol–water partition coefficient (Wildman–Crippen LogP) is 1.25. The van der Waals surface area contributed by atoms with E-state index in [-0.39, 0.29) is 5.56 Å². The summed E-state index contributed by atoms with van der Waals surface area (Å²) in [6, 6.07) is 4.68. The first-order valence-electron chi connectivity index (χ1n) is 5.22. The van der Waals surface area contributed by atoms with Crippen molar-refractivity contribution in [2.45, 2.75) is 18.9 Å². The van der Waals surface area contributed by atoms with Crippen molar-refractivity contribution in [1.82, 2.24) is 0 Å². The summed E-state index contributed by atoms with van der Waals surface area (Å²) in [5.41, 5.74) is 1.06. The molecule has 17 heavy (non-hydrogen) atoms. The van der Waals surface area contributed by atoms with Crippen LogP contribution >= 0.6 is 0 Å². The molecule has 5 nitrogen and oxygen atoms in total. The molecule has 0 radical (unpaired) electrons. The van der Waals surface area contributed by atoms with Crippen molar-refractivity contribution in [2.75, 3.05) is 7.11 Å². The molecule has 5 heteroatoms. The normalized spacial score (nSPS) is 17.8. The Morgan fingerprint density at radius 1 is 1.47 bits per heavy atom. The zero-order valence-corrected chi connectivity index (χ0v) is 9.30. The van der Waals surface area contributed by atoms with Crippen LogP contribution in [0.4, 0.5) is 0 Å². The van der Waals surface area contributed by atoms with E-state index in [2.05, 4.69) is 4.74 Å². The molecule has 0 saturated carbocycles. The van der Waals surface area contributed by atoms with Gasteiger partial charge in [0.2, 0.25) is 0 Å². The Balaban J connectivity index is 2.26. The maximum atomic E-state index is 11.3. The highest BCUT2D eigenvalue weighted by molar-refractivity contribution is 5.88. The molecule has 0 saturated heterocycles. The molecule has 1 aliphatic heterocycles. The average molecular weight is 236 g/mol. The number of rotatable bonds is 2. The highest BCUT2D eigenvalue weighted by Gasteiger charge is 2.27. The van der Waals surface area contributed by atoms with E-state index in [1.165, 1.54) is 19.2 Å². The lowest BCUT2D eigenvalue weighted by molar-refractivity contribution is -0.149. The lowest BCUT2D eigenvalue weighted by Gasteiger charge is -2.24. The molecule has 0 spiro atoms. The second kappa shape index (κ2) is 4.45. The summed E-state index contributed by atoms with van der Waals surface area (Å²) in [6.07, 6.45) is 0.581. The van der Waals surface area contributed by atoms with Crippen molar-refractivity contribution in [3.8, 4) is 5.75 Å². The largest absolute Gasteiger partial charge is 0.478 e. The summed E-state index contributed by atoms with van der Waals surface area (Å²) < 4.78 is 10.0. The first kappa shape index (κ1) is 11.4. The SMILES string of the molecule is COC(=O)C1CCc2ccc(C(=O)O)cc2O1. The number of hydrogen-bond donors (Lipinski definition) is 1. The number of methoxy groups -OCH3 is 1. The van der Waals surface area contributed by atoms with Gasteiger partial charge >= 0.3 is 11.9 Å². The van der Waals surface area contributed by atoms with Crippen molar-refractivity contribution in [2.24, 2.45) is 0 Å². The second-order valence-electron chi connectivity index (χ2n) is 3.80. The molecule has 1 aliphatic rings. The summed E-state index contributed by atoms with van der Waals surface area (Å²) in [5.74, 6) is -1.00. The van der Waals surface area contributed by atoms with Crippen molar-refractivity contribution in [1.29, 1.82) is 0 Å². The van der Waals surface area contributed by atoms with Crippen LogP contribution in [0.5, 0.6) is 5.75 Å². The van der Waals surface area contributed by atoms with E-state index in [1.54, 1.807) is 6.07 Å². The maximum Gasteiger partial charge on any atom is 0.347 e. The third-order valence-electron chi connectivity index (χ3n) is 2.72. The van der Waals surface area contributed by atoms with E-state index in [0.717, 1.165) is 5.56 Å². The Hall–Kier alpha value is -2.04. The minimum absolute atomic E-state index is 0.147. The van der Waals surface area contributed by atoms with E-state index in [4.69, 9.17) is 9.84 Å². The van der Waals surface area contributed by atoms with Crippen LogP contribution in [0.25, 0.3) is 0 Å². The Morgan fingerprint density at radius 3 is 2.88 bits per heavy atom. The van der Waals surface area contributed by atoms with Crippen LogP contribution in [0.1, 0.15) is 22.3 Å². The van der Waals surface area contributed by atoms with Gasteiger partial charge in [-0.3, -0.25) is 0 Å². The lowest BCUT2D eigenvalue weighted by atomic mass is 10.0. The molecular weight excluding hydrogens is 224 g/mol. The first-order chi connectivity index (χ1) is 8.11. The third-order valence-corrected chi connectivity index (χ3v) is 2.72. The maximum absolute atomic E-state index is 11.3. The summed E-state index contributed by atoms with van der Waals surface area (Å²) in [7, 11) is 1.30. The molecule has 2 rings (SSSR count). The number of carboxylic acid groups (broad SMARTS) is 1. The number of carboxylic acids is 1. The van der Waals surface area contributed by atoms with Crippen molar-refractivity contribution in [3.63, 3.8) is 0 Å². The van der Waals surface area contributed by atoms with E-state index in [1.807, 2.05) is 0 Å². The van der Waals surface area contributed by atoms with Crippen LogP contribution in [-0.4, -0.2) is 30.3 Å². The van der Waals surface area contributed by atoms with Crippen molar-refractivity contribution < 1.29 is 24.2 Å².